The lowest BCUT2D eigenvalue weighted by Crippen LogP contribution is -2.25. The molecule has 0 spiro atoms. The summed E-state index contributed by atoms with van der Waals surface area (Å²) in [4.78, 5) is 20.0. The van der Waals surface area contributed by atoms with Crippen LogP contribution in [-0.4, -0.2) is 41.8 Å². The van der Waals surface area contributed by atoms with Crippen LogP contribution in [0.25, 0.3) is 11.0 Å². The minimum atomic E-state index is 0.0228. The normalized spacial score (nSPS) is 16.8. The molecule has 1 unspecified atom stereocenters. The Morgan fingerprint density at radius 3 is 2.58 bits per heavy atom. The topological polar surface area (TPSA) is 65.8 Å². The predicted octanol–water partition coefficient (Wildman–Crippen LogP) is 5.80. The summed E-state index contributed by atoms with van der Waals surface area (Å²) < 4.78 is 19.7. The molecule has 1 amide bonds. The average Bonchev–Trinajstić information content (AvgIpc) is 3.48. The number of nitrogens with zero attached hydrogens (tertiary/aromatic N) is 3. The van der Waals surface area contributed by atoms with Crippen LogP contribution in [0.1, 0.15) is 42.1 Å². The number of aryl methyl sites for hydroxylation is 3. The van der Waals surface area contributed by atoms with Crippen LogP contribution in [0.15, 0.2) is 60.7 Å². The van der Waals surface area contributed by atoms with E-state index in [2.05, 4.69) is 48.7 Å². The monoisotopic (exact) mass is 511 g/mol. The fourth-order valence-electron chi connectivity index (χ4n) is 5.55. The lowest BCUT2D eigenvalue weighted by molar-refractivity contribution is -0.117. The van der Waals surface area contributed by atoms with E-state index >= 15 is 0 Å². The third-order valence-electron chi connectivity index (χ3n) is 7.25. The Bertz CT molecular complexity index is 1460. The van der Waals surface area contributed by atoms with Gasteiger partial charge in [0.15, 0.2) is 11.5 Å². The zero-order valence-electron chi connectivity index (χ0n) is 22.0. The molecule has 6 rings (SSSR count). The highest BCUT2D eigenvalue weighted by Gasteiger charge is 2.35. The van der Waals surface area contributed by atoms with Crippen molar-refractivity contribution in [3.63, 3.8) is 0 Å². The molecule has 2 aliphatic heterocycles. The first-order valence-corrected chi connectivity index (χ1v) is 13.4. The molecule has 4 aromatic rings. The second kappa shape index (κ2) is 10.4. The number of benzene rings is 3. The number of amides is 1. The third kappa shape index (κ3) is 4.93. The van der Waals surface area contributed by atoms with Gasteiger partial charge in [-0.15, -0.1) is 0 Å². The molecule has 7 nitrogen and oxygen atoms in total. The van der Waals surface area contributed by atoms with E-state index in [1.54, 1.807) is 0 Å². The molecule has 7 heteroatoms. The summed E-state index contributed by atoms with van der Waals surface area (Å²) in [6.07, 6.45) is 2.34. The quantitative estimate of drug-likeness (QED) is 0.280. The number of rotatable bonds is 8. The number of carbonyl (C=O) groups excluding carboxylic acids is 1. The van der Waals surface area contributed by atoms with Crippen molar-refractivity contribution in [3.05, 3.63) is 77.6 Å². The van der Waals surface area contributed by atoms with Crippen molar-refractivity contribution >= 4 is 22.6 Å². The van der Waals surface area contributed by atoms with Gasteiger partial charge in [-0.25, -0.2) is 4.98 Å². The molecule has 1 aromatic heterocycles. The molecule has 1 atom stereocenters. The van der Waals surface area contributed by atoms with Crippen LogP contribution in [0, 0.1) is 13.8 Å². The zero-order valence-corrected chi connectivity index (χ0v) is 22.0. The van der Waals surface area contributed by atoms with Crippen molar-refractivity contribution in [2.75, 3.05) is 31.3 Å². The minimum absolute atomic E-state index is 0.0228. The summed E-state index contributed by atoms with van der Waals surface area (Å²) in [5.74, 6) is 3.46. The maximum absolute atomic E-state index is 13.1. The number of hydrogen-bond acceptors (Lipinski definition) is 5. The van der Waals surface area contributed by atoms with E-state index in [0.717, 1.165) is 53.4 Å². The lowest BCUT2D eigenvalue weighted by Gasteiger charge is -2.22. The van der Waals surface area contributed by atoms with Gasteiger partial charge in [-0.1, -0.05) is 18.2 Å². The molecule has 0 aliphatic carbocycles. The Labute approximate surface area is 222 Å². The maximum atomic E-state index is 13.1. The van der Waals surface area contributed by atoms with Crippen LogP contribution < -0.4 is 19.1 Å². The fraction of sp³-hybridized carbons (Fsp3) is 0.355. The Kier molecular flexibility index (Phi) is 6.66. The van der Waals surface area contributed by atoms with Gasteiger partial charge in [0.05, 0.1) is 17.6 Å². The highest BCUT2D eigenvalue weighted by molar-refractivity contribution is 5.97. The summed E-state index contributed by atoms with van der Waals surface area (Å²) in [5, 5.41) is 0. The summed E-state index contributed by atoms with van der Waals surface area (Å²) in [5.41, 5.74) is 5.35. The van der Waals surface area contributed by atoms with E-state index in [9.17, 15) is 4.79 Å². The molecule has 1 fully saturated rings. The van der Waals surface area contributed by atoms with E-state index in [4.69, 9.17) is 19.2 Å². The van der Waals surface area contributed by atoms with Gasteiger partial charge in [0.2, 0.25) is 5.91 Å². The average molecular weight is 512 g/mol. The summed E-state index contributed by atoms with van der Waals surface area (Å²) >= 11 is 0. The Morgan fingerprint density at radius 2 is 1.74 bits per heavy atom. The molecule has 0 saturated carbocycles. The first-order chi connectivity index (χ1) is 18.5. The molecule has 0 N–H and O–H groups in total. The second-order valence-electron chi connectivity index (χ2n) is 10.2. The zero-order chi connectivity index (χ0) is 26.1. The van der Waals surface area contributed by atoms with Crippen LogP contribution in [0.5, 0.6) is 17.2 Å². The molecule has 196 valence electrons. The molecule has 2 aliphatic rings. The molecular formula is C31H33N3O4. The molecule has 0 bridgehead atoms. The van der Waals surface area contributed by atoms with Crippen molar-refractivity contribution < 1.29 is 19.0 Å². The van der Waals surface area contributed by atoms with E-state index in [-0.39, 0.29) is 11.8 Å². The number of carbonyl (C=O) groups is 1. The predicted molar refractivity (Wildman–Crippen MR) is 148 cm³/mol. The van der Waals surface area contributed by atoms with Crippen molar-refractivity contribution in [2.45, 2.75) is 45.6 Å². The summed E-state index contributed by atoms with van der Waals surface area (Å²) in [6.45, 7) is 7.35. The number of aromatic nitrogens is 2. The SMILES string of the molecule is Cc1cc(C)cc(OCCCCn2c(C3CC(=O)N(c4ccc5c(c4)OCCO5)C3)nc3ccccc32)c1. The standard InChI is InChI=1S/C31H33N3O4/c1-21-15-22(2)17-25(16-21)36-12-6-5-11-33-27-8-4-3-7-26(27)32-31(33)23-18-30(35)34(20-23)24-9-10-28-29(19-24)38-14-13-37-28/h3-4,7-10,15-17,19,23H,5-6,11-14,18,20H2,1-2H3. The van der Waals surface area contributed by atoms with Gasteiger partial charge >= 0.3 is 0 Å². The number of ether oxygens (including phenoxy) is 3. The van der Waals surface area contributed by atoms with Gasteiger partial charge in [0.1, 0.15) is 24.8 Å². The minimum Gasteiger partial charge on any atom is -0.494 e. The lowest BCUT2D eigenvalue weighted by atomic mass is 10.1. The van der Waals surface area contributed by atoms with Crippen molar-refractivity contribution in [1.82, 2.24) is 9.55 Å². The Balaban J connectivity index is 1.16. The van der Waals surface area contributed by atoms with Crippen LogP contribution >= 0.6 is 0 Å². The number of unbranched alkanes of at least 4 members (excludes halogenated alkanes) is 1. The first-order valence-electron chi connectivity index (χ1n) is 13.4. The highest BCUT2D eigenvalue weighted by Crippen LogP contribution is 2.38. The summed E-state index contributed by atoms with van der Waals surface area (Å²) in [7, 11) is 0. The Hall–Kier alpha value is -4.00. The van der Waals surface area contributed by atoms with Crippen molar-refractivity contribution in [3.8, 4) is 17.2 Å². The van der Waals surface area contributed by atoms with E-state index in [1.807, 2.05) is 35.2 Å². The number of hydrogen-bond donors (Lipinski definition) is 0. The van der Waals surface area contributed by atoms with Gasteiger partial charge in [0.25, 0.3) is 0 Å². The van der Waals surface area contributed by atoms with Crippen LogP contribution in [0.3, 0.4) is 0 Å². The fourth-order valence-corrected chi connectivity index (χ4v) is 5.55. The van der Waals surface area contributed by atoms with Gasteiger partial charge in [-0.05, 0) is 74.2 Å². The maximum Gasteiger partial charge on any atom is 0.227 e. The number of fused-ring (bicyclic) bond motifs is 2. The number of imidazole rings is 1. The molecule has 3 heterocycles. The Morgan fingerprint density at radius 1 is 0.947 bits per heavy atom. The number of anilines is 1. The van der Waals surface area contributed by atoms with Gasteiger partial charge < -0.3 is 23.7 Å². The first kappa shape index (κ1) is 24.3. The van der Waals surface area contributed by atoms with Crippen molar-refractivity contribution in [1.29, 1.82) is 0 Å². The largest absolute Gasteiger partial charge is 0.494 e. The van der Waals surface area contributed by atoms with E-state index in [0.29, 0.717) is 38.5 Å². The number of para-hydroxylation sites is 2. The molecule has 38 heavy (non-hydrogen) atoms. The molecule has 3 aromatic carbocycles. The molecule has 0 radical (unpaired) electrons. The van der Waals surface area contributed by atoms with Crippen LogP contribution in [0.2, 0.25) is 0 Å². The molecule has 1 saturated heterocycles. The van der Waals surface area contributed by atoms with Crippen LogP contribution in [-0.2, 0) is 11.3 Å². The van der Waals surface area contributed by atoms with Gasteiger partial charge in [0, 0.05) is 37.2 Å². The van der Waals surface area contributed by atoms with Crippen molar-refractivity contribution in [2.24, 2.45) is 0 Å². The smallest absolute Gasteiger partial charge is 0.227 e. The van der Waals surface area contributed by atoms with E-state index < -0.39 is 0 Å². The van der Waals surface area contributed by atoms with Crippen LogP contribution in [0.4, 0.5) is 5.69 Å². The van der Waals surface area contributed by atoms with E-state index in [1.165, 1.54) is 11.1 Å². The second-order valence-corrected chi connectivity index (χ2v) is 10.2. The third-order valence-corrected chi connectivity index (χ3v) is 7.25. The van der Waals surface area contributed by atoms with Gasteiger partial charge in [-0.3, -0.25) is 4.79 Å². The highest BCUT2D eigenvalue weighted by atomic mass is 16.6. The van der Waals surface area contributed by atoms with Gasteiger partial charge in [-0.2, -0.15) is 0 Å². The molecular weight excluding hydrogens is 478 g/mol. The summed E-state index contributed by atoms with van der Waals surface area (Å²) in [6, 6.07) is 20.3.